The van der Waals surface area contributed by atoms with Gasteiger partial charge in [-0.3, -0.25) is 5.14 Å². The summed E-state index contributed by atoms with van der Waals surface area (Å²) in [5.74, 6) is 0.390. The van der Waals surface area contributed by atoms with E-state index in [1.165, 1.54) is 25.0 Å². The van der Waals surface area contributed by atoms with Crippen molar-refractivity contribution in [2.75, 3.05) is 12.3 Å². The summed E-state index contributed by atoms with van der Waals surface area (Å²) in [6, 6.07) is 4.47. The van der Waals surface area contributed by atoms with Crippen molar-refractivity contribution in [2.45, 2.75) is 45.4 Å². The average Bonchev–Trinajstić information content (AvgIpc) is 2.40. The van der Waals surface area contributed by atoms with E-state index in [4.69, 9.17) is 16.6 Å². The molecule has 0 aliphatic carbocycles. The maximum atomic E-state index is 12.6. The Morgan fingerprint density at radius 1 is 1.30 bits per heavy atom. The van der Waals surface area contributed by atoms with Crippen LogP contribution in [0.1, 0.15) is 40.5 Å². The highest BCUT2D eigenvalue weighted by Gasteiger charge is 2.14. The van der Waals surface area contributed by atoms with Gasteiger partial charge in [-0.1, -0.05) is 34.1 Å². The van der Waals surface area contributed by atoms with Crippen LogP contribution in [-0.2, 0) is 0 Å². The summed E-state index contributed by atoms with van der Waals surface area (Å²) in [4.78, 5) is 0.673. The van der Waals surface area contributed by atoms with Crippen LogP contribution in [0.3, 0.4) is 0 Å². The lowest BCUT2D eigenvalue weighted by molar-refractivity contribution is 0.314. The minimum atomic E-state index is -0.421. The first kappa shape index (κ1) is 19.2. The van der Waals surface area contributed by atoms with E-state index < -0.39 is 5.82 Å². The largest absolute Gasteiger partial charge is 0.396 e. The molecule has 116 valence electrons. The van der Waals surface area contributed by atoms with Gasteiger partial charge in [0.15, 0.2) is 0 Å². The van der Waals surface area contributed by atoms with Gasteiger partial charge in [0.25, 0.3) is 0 Å². The van der Waals surface area contributed by atoms with Crippen molar-refractivity contribution in [2.24, 2.45) is 22.2 Å². The molecule has 1 rings (SSSR count). The highest BCUT2D eigenvalue weighted by atomic mass is 32.2. The second kappa shape index (κ2) is 9.21. The normalized spacial score (nSPS) is 11.2. The Bertz CT molecular complexity index is 395. The summed E-state index contributed by atoms with van der Waals surface area (Å²) in [7, 11) is 0. The van der Waals surface area contributed by atoms with Gasteiger partial charge in [-0.25, -0.2) is 4.39 Å². The molecule has 0 aliphatic heterocycles. The van der Waals surface area contributed by atoms with Crippen molar-refractivity contribution in [1.29, 1.82) is 0 Å². The second-order valence-electron chi connectivity index (χ2n) is 6.10. The van der Waals surface area contributed by atoms with E-state index in [0.717, 1.165) is 24.4 Å². The van der Waals surface area contributed by atoms with E-state index in [1.807, 2.05) is 0 Å². The first-order valence-corrected chi connectivity index (χ1v) is 7.71. The molecule has 3 nitrogen and oxygen atoms in total. The highest BCUT2D eigenvalue weighted by Crippen LogP contribution is 2.22. The fourth-order valence-electron chi connectivity index (χ4n) is 1.36. The number of nitrogen functional groups attached to an aromatic ring is 1. The van der Waals surface area contributed by atoms with E-state index in [-0.39, 0.29) is 5.69 Å². The number of hydrogen-bond acceptors (Lipinski definition) is 4. The van der Waals surface area contributed by atoms with Crippen LogP contribution in [0.2, 0.25) is 0 Å². The topological polar surface area (TPSA) is 78.1 Å². The van der Waals surface area contributed by atoms with Gasteiger partial charge in [0.1, 0.15) is 5.82 Å². The highest BCUT2D eigenvalue weighted by molar-refractivity contribution is 7.97. The lowest BCUT2D eigenvalue weighted by Crippen LogP contribution is -2.23. The zero-order valence-electron chi connectivity index (χ0n) is 12.9. The molecule has 0 radical (unpaired) electrons. The Kier molecular flexibility index (Phi) is 8.85. The van der Waals surface area contributed by atoms with Crippen LogP contribution < -0.4 is 16.6 Å². The van der Waals surface area contributed by atoms with Crippen molar-refractivity contribution >= 4 is 17.6 Å². The minimum Gasteiger partial charge on any atom is -0.396 e. The molecule has 0 atom stereocenters. The third kappa shape index (κ3) is 8.40. The van der Waals surface area contributed by atoms with Crippen molar-refractivity contribution in [1.82, 2.24) is 0 Å². The average molecular weight is 301 g/mol. The predicted molar refractivity (Wildman–Crippen MR) is 87.8 cm³/mol. The van der Waals surface area contributed by atoms with Crippen molar-refractivity contribution < 1.29 is 4.39 Å². The first-order chi connectivity index (χ1) is 9.21. The summed E-state index contributed by atoms with van der Waals surface area (Å²) in [5, 5.41) is 5.18. The SMILES string of the molecule is CC(C)CCC(C)(C)CN.NSc1ccc(N)c(F)c1. The molecular formula is C15H28FN3S. The van der Waals surface area contributed by atoms with Gasteiger partial charge in [0.2, 0.25) is 0 Å². The van der Waals surface area contributed by atoms with Crippen molar-refractivity contribution in [3.8, 4) is 0 Å². The molecule has 1 aromatic carbocycles. The first-order valence-electron chi connectivity index (χ1n) is 6.83. The Morgan fingerprint density at radius 2 is 1.90 bits per heavy atom. The van der Waals surface area contributed by atoms with Crippen molar-refractivity contribution in [3.05, 3.63) is 24.0 Å². The van der Waals surface area contributed by atoms with Crippen LogP contribution in [0, 0.1) is 17.2 Å². The Hall–Kier alpha value is -0.780. The molecular weight excluding hydrogens is 273 g/mol. The minimum absolute atomic E-state index is 0.151. The predicted octanol–water partition coefficient (Wildman–Crippen LogP) is 3.78. The summed E-state index contributed by atoms with van der Waals surface area (Å²) < 4.78 is 12.6. The van der Waals surface area contributed by atoms with Gasteiger partial charge in [-0.05, 0) is 54.4 Å². The van der Waals surface area contributed by atoms with Crippen molar-refractivity contribution in [3.63, 3.8) is 0 Å². The third-order valence-electron chi connectivity index (χ3n) is 3.06. The third-order valence-corrected chi connectivity index (χ3v) is 3.59. The van der Waals surface area contributed by atoms with Gasteiger partial charge in [0.05, 0.1) is 5.69 Å². The fraction of sp³-hybridized carbons (Fsp3) is 0.600. The fourth-order valence-corrected chi connectivity index (χ4v) is 1.68. The molecule has 1 aromatic rings. The monoisotopic (exact) mass is 301 g/mol. The van der Waals surface area contributed by atoms with E-state index in [0.29, 0.717) is 10.3 Å². The maximum Gasteiger partial charge on any atom is 0.147 e. The lowest BCUT2D eigenvalue weighted by atomic mass is 9.86. The van der Waals surface area contributed by atoms with Crippen LogP contribution in [0.15, 0.2) is 23.1 Å². The molecule has 0 amide bonds. The standard InChI is InChI=1S/C9H21N.C6H7FN2S/c1-8(2)5-6-9(3,4)7-10;7-5-3-4(10-9)1-2-6(5)8/h8H,5-7,10H2,1-4H3;1-3H,8-9H2. The van der Waals surface area contributed by atoms with E-state index in [1.54, 1.807) is 6.07 Å². The van der Waals surface area contributed by atoms with Gasteiger partial charge in [-0.2, -0.15) is 0 Å². The van der Waals surface area contributed by atoms with Crippen LogP contribution in [0.5, 0.6) is 0 Å². The number of halogens is 1. The molecule has 0 heterocycles. The van der Waals surface area contributed by atoms with Gasteiger partial charge in [0, 0.05) is 4.90 Å². The summed E-state index contributed by atoms with van der Waals surface area (Å²) >= 11 is 0.996. The lowest BCUT2D eigenvalue weighted by Gasteiger charge is -2.22. The molecule has 5 heteroatoms. The molecule has 0 aromatic heterocycles. The van der Waals surface area contributed by atoms with E-state index in [9.17, 15) is 4.39 Å². The Balaban J connectivity index is 0.000000361. The number of hydrogen-bond donors (Lipinski definition) is 3. The molecule has 0 aliphatic rings. The van der Waals surface area contributed by atoms with Gasteiger partial charge >= 0.3 is 0 Å². The number of benzene rings is 1. The number of rotatable bonds is 5. The van der Waals surface area contributed by atoms with Crippen LogP contribution in [0.25, 0.3) is 0 Å². The summed E-state index contributed by atoms with van der Waals surface area (Å²) in [6.07, 6.45) is 2.55. The van der Waals surface area contributed by atoms with E-state index >= 15 is 0 Å². The molecule has 0 saturated carbocycles. The summed E-state index contributed by atoms with van der Waals surface area (Å²) in [6.45, 7) is 9.78. The van der Waals surface area contributed by atoms with Gasteiger partial charge < -0.3 is 11.5 Å². The number of nitrogens with two attached hydrogens (primary N) is 3. The smallest absolute Gasteiger partial charge is 0.147 e. The quantitative estimate of drug-likeness (QED) is 0.571. The molecule has 0 fully saturated rings. The molecule has 6 N–H and O–H groups in total. The second-order valence-corrected chi connectivity index (χ2v) is 6.81. The Morgan fingerprint density at radius 3 is 2.30 bits per heavy atom. The number of anilines is 1. The zero-order chi connectivity index (χ0) is 15.8. The van der Waals surface area contributed by atoms with Crippen LogP contribution in [-0.4, -0.2) is 6.54 Å². The van der Waals surface area contributed by atoms with E-state index in [2.05, 4.69) is 27.7 Å². The molecule has 0 bridgehead atoms. The van der Waals surface area contributed by atoms with Crippen LogP contribution in [0.4, 0.5) is 10.1 Å². The Labute approximate surface area is 126 Å². The van der Waals surface area contributed by atoms with Gasteiger partial charge in [-0.15, -0.1) is 0 Å². The van der Waals surface area contributed by atoms with Crippen LogP contribution >= 0.6 is 11.9 Å². The maximum absolute atomic E-state index is 12.6. The zero-order valence-corrected chi connectivity index (χ0v) is 13.8. The molecule has 0 unspecified atom stereocenters. The molecule has 0 saturated heterocycles. The molecule has 20 heavy (non-hydrogen) atoms. The summed E-state index contributed by atoms with van der Waals surface area (Å²) in [5.41, 5.74) is 11.3. The molecule has 0 spiro atoms.